The molecule has 0 bridgehead atoms. The fraction of sp³-hybridized carbons (Fsp3) is 0.357. The molecule has 1 atom stereocenters. The topological polar surface area (TPSA) is 83.5 Å². The molecule has 114 valence electrons. The van der Waals surface area contributed by atoms with E-state index in [1.54, 1.807) is 30.3 Å². The van der Waals surface area contributed by atoms with E-state index in [-0.39, 0.29) is 5.57 Å². The van der Waals surface area contributed by atoms with Crippen molar-refractivity contribution in [3.05, 3.63) is 47.5 Å². The van der Waals surface area contributed by atoms with Crippen molar-refractivity contribution in [1.82, 2.24) is 0 Å². The number of esters is 1. The predicted octanol–water partition coefficient (Wildman–Crippen LogP) is 1.41. The zero-order chi connectivity index (χ0) is 15.5. The molecular formula is C14H16O7. The first-order chi connectivity index (χ1) is 10.1. The summed E-state index contributed by atoms with van der Waals surface area (Å²) in [6, 6.07) is 8.41. The van der Waals surface area contributed by atoms with Crippen LogP contribution in [0.4, 0.5) is 0 Å². The third kappa shape index (κ3) is 2.45. The fourth-order valence-corrected chi connectivity index (χ4v) is 2.14. The molecule has 1 aromatic rings. The number of hydrogen-bond acceptors (Lipinski definition) is 7. The third-order valence-corrected chi connectivity index (χ3v) is 3.22. The van der Waals surface area contributed by atoms with Crippen LogP contribution in [0.3, 0.4) is 0 Å². The Labute approximate surface area is 121 Å². The highest BCUT2D eigenvalue weighted by Crippen LogP contribution is 2.46. The van der Waals surface area contributed by atoms with E-state index in [2.05, 4.69) is 4.89 Å². The lowest BCUT2D eigenvalue weighted by Gasteiger charge is -2.32. The predicted molar refractivity (Wildman–Crippen MR) is 69.8 cm³/mol. The minimum absolute atomic E-state index is 0.0950. The van der Waals surface area contributed by atoms with Crippen LogP contribution in [0, 0.1) is 0 Å². The molecule has 0 aromatic heterocycles. The van der Waals surface area contributed by atoms with E-state index < -0.39 is 17.7 Å². The summed E-state index contributed by atoms with van der Waals surface area (Å²) in [4.78, 5) is 16.5. The van der Waals surface area contributed by atoms with E-state index in [0.717, 1.165) is 0 Å². The second kappa shape index (κ2) is 5.92. The van der Waals surface area contributed by atoms with E-state index in [1.807, 2.05) is 0 Å². The zero-order valence-corrected chi connectivity index (χ0v) is 11.9. The van der Waals surface area contributed by atoms with Gasteiger partial charge in [-0.05, 0) is 0 Å². The molecule has 1 aliphatic rings. The highest BCUT2D eigenvalue weighted by atomic mass is 17.2. The first-order valence-electron chi connectivity index (χ1n) is 6.07. The number of rotatable bonds is 5. The Balaban J connectivity index is 2.59. The van der Waals surface area contributed by atoms with Crippen LogP contribution >= 0.6 is 0 Å². The zero-order valence-electron chi connectivity index (χ0n) is 11.9. The maximum Gasteiger partial charge on any atom is 0.339 e. The molecule has 7 nitrogen and oxygen atoms in total. The minimum Gasteiger partial charge on any atom is -0.465 e. The molecule has 7 heteroatoms. The summed E-state index contributed by atoms with van der Waals surface area (Å²) in [5.74, 6) is -4.33. The van der Waals surface area contributed by atoms with Crippen LogP contribution in [0.1, 0.15) is 5.56 Å². The quantitative estimate of drug-likeness (QED) is 0.380. The molecule has 0 saturated carbocycles. The fourth-order valence-electron chi connectivity index (χ4n) is 2.14. The smallest absolute Gasteiger partial charge is 0.339 e. The summed E-state index contributed by atoms with van der Waals surface area (Å²) in [5, 5.41) is 9.42. The van der Waals surface area contributed by atoms with Crippen LogP contribution in [0.15, 0.2) is 42.0 Å². The average molecular weight is 296 g/mol. The normalized spacial score (nSPS) is 23.7. The lowest BCUT2D eigenvalue weighted by molar-refractivity contribution is -0.461. The van der Waals surface area contributed by atoms with Crippen molar-refractivity contribution >= 4 is 5.97 Å². The third-order valence-electron chi connectivity index (χ3n) is 3.22. The second-order valence-corrected chi connectivity index (χ2v) is 4.24. The number of carbonyl (C=O) groups excluding carboxylic acids is 1. The Morgan fingerprint density at radius 3 is 2.24 bits per heavy atom. The number of methoxy groups -OCH3 is 3. The molecule has 2 rings (SSSR count). The Morgan fingerprint density at radius 1 is 1.14 bits per heavy atom. The Morgan fingerprint density at radius 2 is 1.76 bits per heavy atom. The van der Waals surface area contributed by atoms with Gasteiger partial charge in [0.25, 0.3) is 5.79 Å². The van der Waals surface area contributed by atoms with Gasteiger partial charge in [0.2, 0.25) is 0 Å². The summed E-state index contributed by atoms with van der Waals surface area (Å²) in [5.41, 5.74) is 0.280. The molecule has 0 aliphatic carbocycles. The summed E-state index contributed by atoms with van der Waals surface area (Å²) < 4.78 is 20.6. The molecule has 0 saturated heterocycles. The number of carbonyl (C=O) groups is 1. The van der Waals surface area contributed by atoms with E-state index in [9.17, 15) is 10.1 Å². The SMILES string of the molecule is COC(=O)C1=CC(OC)(OC)OC1(OO)c1ccccc1. The highest BCUT2D eigenvalue weighted by molar-refractivity contribution is 5.91. The largest absolute Gasteiger partial charge is 0.465 e. The number of hydrogen-bond donors (Lipinski definition) is 1. The summed E-state index contributed by atoms with van der Waals surface area (Å²) in [6.45, 7) is 0. The van der Waals surface area contributed by atoms with Gasteiger partial charge in [-0.3, -0.25) is 4.74 Å². The van der Waals surface area contributed by atoms with Crippen molar-refractivity contribution in [1.29, 1.82) is 0 Å². The van der Waals surface area contributed by atoms with Gasteiger partial charge < -0.3 is 14.2 Å². The van der Waals surface area contributed by atoms with Crippen molar-refractivity contribution in [2.24, 2.45) is 0 Å². The molecule has 0 amide bonds. The summed E-state index contributed by atoms with van der Waals surface area (Å²) >= 11 is 0. The van der Waals surface area contributed by atoms with Crippen molar-refractivity contribution in [2.75, 3.05) is 21.3 Å². The second-order valence-electron chi connectivity index (χ2n) is 4.24. The molecule has 1 N–H and O–H groups in total. The van der Waals surface area contributed by atoms with E-state index in [1.165, 1.54) is 27.4 Å². The molecule has 0 radical (unpaired) electrons. The van der Waals surface area contributed by atoms with Gasteiger partial charge in [0.05, 0.1) is 7.11 Å². The van der Waals surface area contributed by atoms with Crippen LogP contribution in [0.2, 0.25) is 0 Å². The van der Waals surface area contributed by atoms with Crippen LogP contribution in [-0.4, -0.2) is 38.5 Å². The molecule has 21 heavy (non-hydrogen) atoms. The standard InChI is InChI=1S/C14H16O7/c1-17-12(15)11-9-13(18-2,19-3)20-14(11,21-16)10-7-5-4-6-8-10/h4-9,16H,1-3H3. The lowest BCUT2D eigenvalue weighted by Crippen LogP contribution is -2.41. The minimum atomic E-state index is -1.90. The highest BCUT2D eigenvalue weighted by Gasteiger charge is 2.57. The van der Waals surface area contributed by atoms with Gasteiger partial charge in [-0.15, -0.1) is 0 Å². The molecular weight excluding hydrogens is 280 g/mol. The maximum atomic E-state index is 12.0. The molecule has 1 heterocycles. The van der Waals surface area contributed by atoms with Gasteiger partial charge in [0.15, 0.2) is 0 Å². The van der Waals surface area contributed by atoms with Gasteiger partial charge in [-0.25, -0.2) is 10.1 Å². The molecule has 0 spiro atoms. The molecule has 1 aliphatic heterocycles. The van der Waals surface area contributed by atoms with Gasteiger partial charge in [-0.2, -0.15) is 4.89 Å². The molecule has 1 aromatic carbocycles. The Bertz CT molecular complexity index is 536. The first-order valence-corrected chi connectivity index (χ1v) is 6.07. The molecule has 1 unspecified atom stereocenters. The van der Waals surface area contributed by atoms with Gasteiger partial charge >= 0.3 is 11.9 Å². The van der Waals surface area contributed by atoms with E-state index in [0.29, 0.717) is 5.56 Å². The van der Waals surface area contributed by atoms with Gasteiger partial charge in [0, 0.05) is 25.9 Å². The van der Waals surface area contributed by atoms with Crippen LogP contribution in [0.25, 0.3) is 0 Å². The van der Waals surface area contributed by atoms with Gasteiger partial charge in [-0.1, -0.05) is 30.3 Å². The van der Waals surface area contributed by atoms with Crippen molar-refractivity contribution in [2.45, 2.75) is 11.8 Å². The molecule has 0 fully saturated rings. The summed E-state index contributed by atoms with van der Waals surface area (Å²) in [6.07, 6.45) is 1.25. The van der Waals surface area contributed by atoms with E-state index >= 15 is 0 Å². The Kier molecular flexibility index (Phi) is 4.40. The monoisotopic (exact) mass is 296 g/mol. The average Bonchev–Trinajstić information content (AvgIpc) is 2.92. The van der Waals surface area contributed by atoms with Gasteiger partial charge in [0.1, 0.15) is 5.57 Å². The van der Waals surface area contributed by atoms with Crippen molar-refractivity contribution in [3.8, 4) is 0 Å². The van der Waals surface area contributed by atoms with Crippen molar-refractivity contribution < 1.29 is 33.9 Å². The van der Waals surface area contributed by atoms with Crippen molar-refractivity contribution in [3.63, 3.8) is 0 Å². The number of ether oxygens (including phenoxy) is 4. The van der Waals surface area contributed by atoms with Crippen LogP contribution in [-0.2, 0) is 34.4 Å². The van der Waals surface area contributed by atoms with Crippen LogP contribution in [0.5, 0.6) is 0 Å². The first kappa shape index (κ1) is 15.6. The van der Waals surface area contributed by atoms with Crippen LogP contribution < -0.4 is 0 Å². The summed E-state index contributed by atoms with van der Waals surface area (Å²) in [7, 11) is 3.86. The number of benzene rings is 1. The Hall–Kier alpha value is -1.77. The van der Waals surface area contributed by atoms with E-state index in [4.69, 9.17) is 18.9 Å². The lowest BCUT2D eigenvalue weighted by atomic mass is 9.98. The maximum absolute atomic E-state index is 12.0.